The molecule has 0 spiro atoms. The highest BCUT2D eigenvalue weighted by molar-refractivity contribution is 5.93. The first kappa shape index (κ1) is 25.0. The van der Waals surface area contributed by atoms with E-state index in [9.17, 15) is 19.7 Å². The molecule has 3 aromatic rings. The van der Waals surface area contributed by atoms with Crippen LogP contribution in [0, 0.1) is 10.1 Å². The van der Waals surface area contributed by atoms with E-state index < -0.39 is 16.7 Å². The van der Waals surface area contributed by atoms with E-state index in [1.807, 2.05) is 19.9 Å². The summed E-state index contributed by atoms with van der Waals surface area (Å²) in [4.78, 5) is 36.9. The molecule has 0 bridgehead atoms. The van der Waals surface area contributed by atoms with E-state index in [-0.39, 0.29) is 23.7 Å². The molecule has 0 atom stereocenters. The van der Waals surface area contributed by atoms with Gasteiger partial charge in [-0.1, -0.05) is 6.07 Å². The van der Waals surface area contributed by atoms with Crippen molar-refractivity contribution < 1.29 is 23.7 Å². The van der Waals surface area contributed by atoms with E-state index in [4.69, 9.17) is 9.15 Å². The molecule has 2 aromatic carbocycles. The van der Waals surface area contributed by atoms with Gasteiger partial charge in [-0.3, -0.25) is 19.7 Å². The molecule has 2 amide bonds. The number of benzene rings is 2. The highest BCUT2D eigenvalue weighted by atomic mass is 16.6. The fourth-order valence-electron chi connectivity index (χ4n) is 3.20. The molecule has 0 unspecified atom stereocenters. The van der Waals surface area contributed by atoms with E-state index in [2.05, 4.69) is 20.7 Å². The maximum atomic E-state index is 12.4. The van der Waals surface area contributed by atoms with Crippen molar-refractivity contribution in [3.8, 4) is 5.75 Å². The summed E-state index contributed by atoms with van der Waals surface area (Å²) < 4.78 is 10.8. The Kier molecular flexibility index (Phi) is 8.54. The molecular weight excluding hydrogens is 454 g/mol. The second kappa shape index (κ2) is 12.0. The van der Waals surface area contributed by atoms with Crippen LogP contribution in [0.15, 0.2) is 70.4 Å². The summed E-state index contributed by atoms with van der Waals surface area (Å²) in [5.41, 5.74) is 3.94. The molecule has 35 heavy (non-hydrogen) atoms. The minimum atomic E-state index is -0.541. The Labute approximate surface area is 201 Å². The van der Waals surface area contributed by atoms with Gasteiger partial charge in [0.25, 0.3) is 11.6 Å². The van der Waals surface area contributed by atoms with E-state index >= 15 is 0 Å². The van der Waals surface area contributed by atoms with Crippen molar-refractivity contribution in [2.24, 2.45) is 5.10 Å². The van der Waals surface area contributed by atoms with Gasteiger partial charge in [0.15, 0.2) is 12.4 Å². The molecule has 0 fully saturated rings. The third-order valence-electron chi connectivity index (χ3n) is 4.94. The highest BCUT2D eigenvalue weighted by Gasteiger charge is 2.12. The average Bonchev–Trinajstić information content (AvgIpc) is 3.40. The number of non-ortho nitro benzene ring substituents is 1. The molecule has 0 saturated carbocycles. The van der Waals surface area contributed by atoms with Gasteiger partial charge in [-0.15, -0.1) is 0 Å². The lowest BCUT2D eigenvalue weighted by Gasteiger charge is -2.22. The van der Waals surface area contributed by atoms with Gasteiger partial charge in [-0.25, -0.2) is 5.43 Å². The molecule has 0 saturated heterocycles. The predicted octanol–water partition coefficient (Wildman–Crippen LogP) is 3.82. The molecule has 0 aliphatic rings. The molecule has 2 N–H and O–H groups in total. The Morgan fingerprint density at radius 3 is 2.63 bits per heavy atom. The first-order valence-electron chi connectivity index (χ1n) is 10.8. The first-order valence-corrected chi connectivity index (χ1v) is 10.8. The van der Waals surface area contributed by atoms with Crippen molar-refractivity contribution in [3.05, 3.63) is 82.3 Å². The van der Waals surface area contributed by atoms with Crippen LogP contribution in [0.1, 0.15) is 30.0 Å². The Hall–Kier alpha value is -4.67. The van der Waals surface area contributed by atoms with E-state index in [0.717, 1.165) is 18.8 Å². The lowest BCUT2D eigenvalue weighted by atomic mass is 10.1. The minimum Gasteiger partial charge on any atom is -0.483 e. The Bertz CT molecular complexity index is 1200. The fourth-order valence-corrected chi connectivity index (χ4v) is 3.20. The lowest BCUT2D eigenvalue weighted by molar-refractivity contribution is -0.384. The average molecular weight is 479 g/mol. The number of ether oxygens (including phenoxy) is 1. The molecule has 0 aliphatic heterocycles. The number of amides is 2. The minimum absolute atomic E-state index is 0.119. The number of hydrazone groups is 1. The van der Waals surface area contributed by atoms with Crippen molar-refractivity contribution in [1.82, 2.24) is 5.43 Å². The zero-order valence-corrected chi connectivity index (χ0v) is 19.3. The number of carbonyl (C=O) groups excluding carboxylic acids is 2. The summed E-state index contributed by atoms with van der Waals surface area (Å²) in [5, 5.41) is 17.5. The molecule has 182 valence electrons. The second-order valence-electron chi connectivity index (χ2n) is 7.22. The smallest absolute Gasteiger partial charge is 0.307 e. The summed E-state index contributed by atoms with van der Waals surface area (Å²) in [7, 11) is 0. The van der Waals surface area contributed by atoms with Gasteiger partial charge in [-0.2, -0.15) is 5.10 Å². The van der Waals surface area contributed by atoms with Crippen molar-refractivity contribution in [2.45, 2.75) is 13.8 Å². The summed E-state index contributed by atoms with van der Waals surface area (Å²) in [5.74, 6) is -0.509. The molecule has 1 aromatic heterocycles. The third-order valence-corrected chi connectivity index (χ3v) is 4.94. The van der Waals surface area contributed by atoms with Gasteiger partial charge in [-0.05, 0) is 44.2 Å². The largest absolute Gasteiger partial charge is 0.483 e. The van der Waals surface area contributed by atoms with E-state index in [0.29, 0.717) is 11.3 Å². The van der Waals surface area contributed by atoms with Crippen LogP contribution >= 0.6 is 0 Å². The van der Waals surface area contributed by atoms with Crippen LogP contribution in [0.4, 0.5) is 17.1 Å². The Morgan fingerprint density at radius 1 is 1.14 bits per heavy atom. The second-order valence-corrected chi connectivity index (χ2v) is 7.22. The van der Waals surface area contributed by atoms with Crippen molar-refractivity contribution in [2.75, 3.05) is 29.9 Å². The zero-order chi connectivity index (χ0) is 25.2. The summed E-state index contributed by atoms with van der Waals surface area (Å²) in [6.07, 6.45) is 2.79. The molecular formula is C24H25N5O6. The summed E-state index contributed by atoms with van der Waals surface area (Å²) >= 11 is 0. The Balaban J connectivity index is 1.73. The van der Waals surface area contributed by atoms with Gasteiger partial charge in [0, 0.05) is 48.2 Å². The quantitative estimate of drug-likeness (QED) is 0.242. The number of furan rings is 1. The first-order chi connectivity index (χ1) is 16.9. The summed E-state index contributed by atoms with van der Waals surface area (Å²) in [6.45, 7) is 5.25. The van der Waals surface area contributed by atoms with E-state index in [1.165, 1.54) is 36.7 Å². The van der Waals surface area contributed by atoms with Crippen molar-refractivity contribution in [3.63, 3.8) is 0 Å². The standard InChI is InChI=1S/C24H25N5O6/c1-3-28(4-2)19-11-10-17(15-25-27-24(31)21-9-6-12-34-21)22(14-19)35-16-23(30)26-18-7-5-8-20(13-18)29(32)33/h5-15H,3-4,16H2,1-2H3,(H,26,30)(H,27,31)/b25-15+. The molecule has 1 heterocycles. The zero-order valence-electron chi connectivity index (χ0n) is 19.3. The lowest BCUT2D eigenvalue weighted by Crippen LogP contribution is -2.23. The van der Waals surface area contributed by atoms with Crippen LogP contribution in [-0.2, 0) is 4.79 Å². The number of hydrogen-bond acceptors (Lipinski definition) is 8. The number of hydrogen-bond donors (Lipinski definition) is 2. The van der Waals surface area contributed by atoms with Gasteiger partial charge in [0.1, 0.15) is 5.75 Å². The Morgan fingerprint density at radius 2 is 1.94 bits per heavy atom. The van der Waals surface area contributed by atoms with Crippen LogP contribution in [0.2, 0.25) is 0 Å². The number of nitro benzene ring substituents is 1. The number of nitrogens with zero attached hydrogens (tertiary/aromatic N) is 3. The van der Waals surface area contributed by atoms with Crippen LogP contribution in [-0.4, -0.2) is 42.6 Å². The molecule has 3 rings (SSSR count). The van der Waals surface area contributed by atoms with Gasteiger partial charge < -0.3 is 19.4 Å². The third kappa shape index (κ3) is 6.90. The molecule has 0 radical (unpaired) electrons. The topological polar surface area (TPSA) is 139 Å². The normalized spacial score (nSPS) is 10.7. The van der Waals surface area contributed by atoms with Crippen molar-refractivity contribution in [1.29, 1.82) is 0 Å². The van der Waals surface area contributed by atoms with Gasteiger partial charge in [0.2, 0.25) is 0 Å². The number of carbonyl (C=O) groups is 2. The maximum absolute atomic E-state index is 12.4. The van der Waals surface area contributed by atoms with Crippen molar-refractivity contribution >= 4 is 35.1 Å². The highest BCUT2D eigenvalue weighted by Crippen LogP contribution is 2.25. The van der Waals surface area contributed by atoms with Gasteiger partial charge >= 0.3 is 5.91 Å². The fraction of sp³-hybridized carbons (Fsp3) is 0.208. The molecule has 0 aliphatic carbocycles. The SMILES string of the molecule is CCN(CC)c1ccc(/C=N/NC(=O)c2ccco2)c(OCC(=O)Nc2cccc([N+](=O)[O-])c2)c1. The molecule has 11 heteroatoms. The number of nitro groups is 1. The van der Waals surface area contributed by atoms with Crippen LogP contribution in [0.5, 0.6) is 5.75 Å². The predicted molar refractivity (Wildman–Crippen MR) is 131 cm³/mol. The van der Waals surface area contributed by atoms with E-state index in [1.54, 1.807) is 24.3 Å². The number of nitrogens with one attached hydrogen (secondary N) is 2. The van der Waals surface area contributed by atoms with Crippen LogP contribution in [0.25, 0.3) is 0 Å². The van der Waals surface area contributed by atoms with Crippen LogP contribution < -0.4 is 20.4 Å². The summed E-state index contributed by atoms with van der Waals surface area (Å²) in [6, 6.07) is 14.2. The maximum Gasteiger partial charge on any atom is 0.307 e. The molecule has 11 nitrogen and oxygen atoms in total. The number of anilines is 2. The number of rotatable bonds is 11. The monoisotopic (exact) mass is 479 g/mol. The van der Waals surface area contributed by atoms with Crippen LogP contribution in [0.3, 0.4) is 0 Å². The van der Waals surface area contributed by atoms with Gasteiger partial charge in [0.05, 0.1) is 17.4 Å².